The number of carboxylic acid groups (broad SMARTS) is 1. The summed E-state index contributed by atoms with van der Waals surface area (Å²) in [6.07, 6.45) is 2.46. The first-order valence-electron chi connectivity index (χ1n) is 13.1. The first kappa shape index (κ1) is 27.9. The molecule has 0 atom stereocenters. The largest absolute Gasteiger partial charge is 0.474 e. The first-order chi connectivity index (χ1) is 19.4. The molecular weight excluding hydrogens is 537 g/mol. The van der Waals surface area contributed by atoms with Gasteiger partial charge in [-0.1, -0.05) is 0 Å². The summed E-state index contributed by atoms with van der Waals surface area (Å²) in [4.78, 5) is 46.5. The topological polar surface area (TPSA) is 152 Å². The normalized spacial score (nSPS) is 14.9. The van der Waals surface area contributed by atoms with Crippen molar-refractivity contribution < 1.29 is 38.1 Å². The smallest absolute Gasteiger partial charge is 0.413 e. The number of carbonyl (C=O) groups is 3. The molecule has 3 N–H and O–H groups in total. The zero-order valence-corrected chi connectivity index (χ0v) is 23.0. The molecule has 0 bridgehead atoms. The summed E-state index contributed by atoms with van der Waals surface area (Å²) in [5.41, 5.74) is -0.118. The molecule has 3 aromatic rings. The van der Waals surface area contributed by atoms with Gasteiger partial charge in [-0.3, -0.25) is 15.5 Å². The molecular formula is C28H30FN5O7. The Bertz CT molecular complexity index is 1550. The van der Waals surface area contributed by atoms with Crippen LogP contribution in [0.15, 0.2) is 24.5 Å². The van der Waals surface area contributed by atoms with E-state index in [1.165, 1.54) is 24.5 Å². The lowest BCUT2D eigenvalue weighted by Crippen LogP contribution is -2.37. The third-order valence-corrected chi connectivity index (χ3v) is 6.76. The van der Waals surface area contributed by atoms with Crippen molar-refractivity contribution in [1.29, 1.82) is 0 Å². The van der Waals surface area contributed by atoms with Crippen LogP contribution < -0.4 is 20.3 Å². The lowest BCUT2D eigenvalue weighted by Gasteiger charge is -2.29. The van der Waals surface area contributed by atoms with Crippen LogP contribution in [0.5, 0.6) is 5.88 Å². The number of ether oxygens (including phenoxy) is 3. The minimum atomic E-state index is -1.20. The molecule has 216 valence electrons. The van der Waals surface area contributed by atoms with Crippen molar-refractivity contribution in [2.75, 3.05) is 28.7 Å². The van der Waals surface area contributed by atoms with Crippen molar-refractivity contribution in [2.24, 2.45) is 0 Å². The maximum Gasteiger partial charge on any atom is 0.413 e. The number of rotatable bonds is 4. The predicted molar refractivity (Wildman–Crippen MR) is 148 cm³/mol. The maximum absolute atomic E-state index is 16.3. The Morgan fingerprint density at radius 2 is 1.85 bits per heavy atom. The Labute approximate surface area is 234 Å². The van der Waals surface area contributed by atoms with Crippen LogP contribution in [0, 0.1) is 12.7 Å². The van der Waals surface area contributed by atoms with Crippen molar-refractivity contribution in [2.45, 2.75) is 58.7 Å². The Morgan fingerprint density at radius 3 is 2.51 bits per heavy atom. The molecule has 0 saturated heterocycles. The van der Waals surface area contributed by atoms with Gasteiger partial charge in [0.25, 0.3) is 0 Å². The molecule has 2 aromatic heterocycles. The Hall–Kier alpha value is -4.68. The van der Waals surface area contributed by atoms with Crippen LogP contribution in [0.2, 0.25) is 0 Å². The Kier molecular flexibility index (Phi) is 7.28. The average molecular weight is 568 g/mol. The lowest BCUT2D eigenvalue weighted by atomic mass is 9.96. The van der Waals surface area contributed by atoms with Crippen LogP contribution >= 0.6 is 0 Å². The molecule has 0 radical (unpaired) electrons. The van der Waals surface area contributed by atoms with Gasteiger partial charge in [0.15, 0.2) is 5.82 Å². The molecule has 0 spiro atoms. The van der Waals surface area contributed by atoms with Crippen LogP contribution in [0.4, 0.5) is 36.0 Å². The van der Waals surface area contributed by atoms with Gasteiger partial charge in [0.2, 0.25) is 5.88 Å². The maximum atomic E-state index is 16.3. The van der Waals surface area contributed by atoms with E-state index in [0.29, 0.717) is 10.9 Å². The fraction of sp³-hybridized carbons (Fsp3) is 0.393. The highest BCUT2D eigenvalue weighted by Gasteiger charge is 2.30. The number of benzene rings is 1. The summed E-state index contributed by atoms with van der Waals surface area (Å²) in [5.74, 6) is -0.527. The molecule has 3 heterocycles. The Balaban J connectivity index is 1.62. The fourth-order valence-electron chi connectivity index (χ4n) is 4.64. The standard InChI is InChI=1S/C28H30FN5O7/c1-14-18(12-31-24-23(14)34(27(37)38)8-9-39-24)17-10-15-11-20(32-25(35)40-16-6-5-7-16)30-13-19(15)22(21(17)29)33-26(36)41-28(2,3)4/h10-13,16H,5-9H2,1-4H3,(H,33,36)(H,37,38)(H,30,32,35). The molecule has 3 amide bonds. The zero-order chi connectivity index (χ0) is 29.5. The fourth-order valence-corrected chi connectivity index (χ4v) is 4.64. The van der Waals surface area contributed by atoms with Gasteiger partial charge >= 0.3 is 18.3 Å². The number of carbonyl (C=O) groups excluding carboxylic acids is 2. The van der Waals surface area contributed by atoms with Crippen molar-refractivity contribution in [3.8, 4) is 17.0 Å². The van der Waals surface area contributed by atoms with Gasteiger partial charge in [-0.25, -0.2) is 28.7 Å². The number of fused-ring (bicyclic) bond motifs is 2. The van der Waals surface area contributed by atoms with Gasteiger partial charge in [0.05, 0.1) is 12.2 Å². The van der Waals surface area contributed by atoms with Crippen LogP contribution in [0.1, 0.15) is 45.6 Å². The van der Waals surface area contributed by atoms with E-state index in [1.807, 2.05) is 0 Å². The molecule has 1 aliphatic heterocycles. The van der Waals surface area contributed by atoms with E-state index < -0.39 is 29.7 Å². The van der Waals surface area contributed by atoms with E-state index in [1.54, 1.807) is 27.7 Å². The molecule has 12 nitrogen and oxygen atoms in total. The highest BCUT2D eigenvalue weighted by molar-refractivity contribution is 6.04. The van der Waals surface area contributed by atoms with Crippen LogP contribution in [0.25, 0.3) is 21.9 Å². The average Bonchev–Trinajstić information content (AvgIpc) is 2.87. The molecule has 13 heteroatoms. The van der Waals surface area contributed by atoms with Crippen molar-refractivity contribution in [1.82, 2.24) is 9.97 Å². The summed E-state index contributed by atoms with van der Waals surface area (Å²) < 4.78 is 32.5. The van der Waals surface area contributed by atoms with Gasteiger partial charge in [-0.2, -0.15) is 0 Å². The monoisotopic (exact) mass is 567 g/mol. The molecule has 5 rings (SSSR count). The molecule has 1 fully saturated rings. The number of hydrogen-bond donors (Lipinski definition) is 3. The van der Waals surface area contributed by atoms with Crippen molar-refractivity contribution >= 4 is 46.2 Å². The summed E-state index contributed by atoms with van der Waals surface area (Å²) >= 11 is 0. The van der Waals surface area contributed by atoms with E-state index in [2.05, 4.69) is 20.6 Å². The number of amides is 3. The molecule has 1 aromatic carbocycles. The van der Waals surface area contributed by atoms with Crippen LogP contribution in [-0.2, 0) is 9.47 Å². The number of halogens is 1. The molecule has 0 unspecified atom stereocenters. The summed E-state index contributed by atoms with van der Waals surface area (Å²) in [5, 5.41) is 15.5. The number of nitrogens with zero attached hydrogens (tertiary/aromatic N) is 3. The lowest BCUT2D eigenvalue weighted by molar-refractivity contribution is 0.0619. The van der Waals surface area contributed by atoms with Crippen LogP contribution in [0.3, 0.4) is 0 Å². The summed E-state index contributed by atoms with van der Waals surface area (Å²) in [6, 6.07) is 3.04. The van der Waals surface area contributed by atoms with Gasteiger partial charge in [0, 0.05) is 28.9 Å². The second kappa shape index (κ2) is 10.7. The highest BCUT2D eigenvalue weighted by Crippen LogP contribution is 2.42. The van der Waals surface area contributed by atoms with Gasteiger partial charge in [-0.05, 0) is 70.0 Å². The zero-order valence-electron chi connectivity index (χ0n) is 23.0. The first-order valence-corrected chi connectivity index (χ1v) is 13.1. The second-order valence-electron chi connectivity index (χ2n) is 10.8. The van der Waals surface area contributed by atoms with Gasteiger partial charge in [0.1, 0.15) is 29.8 Å². The van der Waals surface area contributed by atoms with Gasteiger partial charge < -0.3 is 19.3 Å². The van der Waals surface area contributed by atoms with E-state index in [-0.39, 0.29) is 58.8 Å². The molecule has 2 aliphatic rings. The summed E-state index contributed by atoms with van der Waals surface area (Å²) in [6.45, 7) is 6.89. The molecule has 41 heavy (non-hydrogen) atoms. The van der Waals surface area contributed by atoms with Gasteiger partial charge in [-0.15, -0.1) is 0 Å². The number of aromatic nitrogens is 2. The third-order valence-electron chi connectivity index (χ3n) is 6.76. The molecule has 1 saturated carbocycles. The number of pyridine rings is 2. The quantitative estimate of drug-likeness (QED) is 0.341. The van der Waals surface area contributed by atoms with E-state index >= 15 is 4.39 Å². The summed E-state index contributed by atoms with van der Waals surface area (Å²) in [7, 11) is 0. The van der Waals surface area contributed by atoms with E-state index in [9.17, 15) is 19.5 Å². The number of hydrogen-bond acceptors (Lipinski definition) is 8. The minimum Gasteiger partial charge on any atom is -0.474 e. The number of anilines is 3. The molecule has 1 aliphatic carbocycles. The third kappa shape index (κ3) is 5.79. The van der Waals surface area contributed by atoms with E-state index in [0.717, 1.165) is 24.2 Å². The van der Waals surface area contributed by atoms with Crippen molar-refractivity contribution in [3.63, 3.8) is 0 Å². The highest BCUT2D eigenvalue weighted by atomic mass is 19.1. The van der Waals surface area contributed by atoms with E-state index in [4.69, 9.17) is 14.2 Å². The predicted octanol–water partition coefficient (Wildman–Crippen LogP) is 6.07. The SMILES string of the molecule is Cc1c(-c2cc3cc(NC(=O)OC4CCC4)ncc3c(NC(=O)OC(C)(C)C)c2F)cnc2c1N(C(=O)O)CCO2. The number of nitrogens with one attached hydrogen (secondary N) is 2. The Morgan fingerprint density at radius 1 is 1.10 bits per heavy atom. The minimum absolute atomic E-state index is 0.0291. The second-order valence-corrected chi connectivity index (χ2v) is 10.8. The van der Waals surface area contributed by atoms with Crippen LogP contribution in [-0.4, -0.2) is 58.2 Å². The van der Waals surface area contributed by atoms with Crippen molar-refractivity contribution in [3.05, 3.63) is 35.9 Å².